The van der Waals surface area contributed by atoms with E-state index in [0.717, 1.165) is 29.3 Å². The standard InChI is InChI=1S/C12H18ClNO/c1-4-11(8-15-3)14-12-6-5-10(13)7-9(12)2/h5-7,11,14H,4,8H2,1-3H3. The molecule has 1 aromatic carbocycles. The summed E-state index contributed by atoms with van der Waals surface area (Å²) in [5, 5.41) is 4.22. The largest absolute Gasteiger partial charge is 0.383 e. The molecule has 1 rings (SSSR count). The Bertz CT molecular complexity index is 314. The Balaban J connectivity index is 2.70. The Kier molecular flexibility index (Phi) is 4.92. The van der Waals surface area contributed by atoms with Crippen molar-refractivity contribution in [1.82, 2.24) is 0 Å². The Labute approximate surface area is 96.6 Å². The number of hydrogen-bond donors (Lipinski definition) is 1. The van der Waals surface area contributed by atoms with Gasteiger partial charge in [0.15, 0.2) is 0 Å². The fourth-order valence-electron chi connectivity index (χ4n) is 1.47. The third-order valence-corrected chi connectivity index (χ3v) is 2.64. The molecule has 15 heavy (non-hydrogen) atoms. The van der Waals surface area contributed by atoms with Crippen LogP contribution in [0.15, 0.2) is 18.2 Å². The Morgan fingerprint density at radius 3 is 2.73 bits per heavy atom. The van der Waals surface area contributed by atoms with Gasteiger partial charge in [-0.05, 0) is 37.1 Å². The highest BCUT2D eigenvalue weighted by Gasteiger charge is 2.07. The van der Waals surface area contributed by atoms with E-state index in [1.165, 1.54) is 0 Å². The van der Waals surface area contributed by atoms with Gasteiger partial charge in [-0.25, -0.2) is 0 Å². The molecule has 0 bridgehead atoms. The summed E-state index contributed by atoms with van der Waals surface area (Å²) in [6, 6.07) is 6.23. The fourth-order valence-corrected chi connectivity index (χ4v) is 1.70. The van der Waals surface area contributed by atoms with E-state index < -0.39 is 0 Å². The molecular weight excluding hydrogens is 210 g/mol. The minimum Gasteiger partial charge on any atom is -0.383 e. The minimum absolute atomic E-state index is 0.356. The second-order valence-corrected chi connectivity index (χ2v) is 4.10. The lowest BCUT2D eigenvalue weighted by Crippen LogP contribution is -2.24. The highest BCUT2D eigenvalue weighted by molar-refractivity contribution is 6.30. The van der Waals surface area contributed by atoms with E-state index in [1.807, 2.05) is 25.1 Å². The van der Waals surface area contributed by atoms with E-state index in [-0.39, 0.29) is 0 Å². The maximum Gasteiger partial charge on any atom is 0.0663 e. The van der Waals surface area contributed by atoms with Gasteiger partial charge >= 0.3 is 0 Å². The van der Waals surface area contributed by atoms with Crippen molar-refractivity contribution in [2.45, 2.75) is 26.3 Å². The van der Waals surface area contributed by atoms with Gasteiger partial charge in [0.05, 0.1) is 6.61 Å². The molecule has 0 aliphatic heterocycles. The summed E-state index contributed by atoms with van der Waals surface area (Å²) in [4.78, 5) is 0. The molecule has 84 valence electrons. The maximum absolute atomic E-state index is 5.90. The van der Waals surface area contributed by atoms with E-state index in [0.29, 0.717) is 6.04 Å². The summed E-state index contributed by atoms with van der Waals surface area (Å²) < 4.78 is 5.14. The summed E-state index contributed by atoms with van der Waals surface area (Å²) in [5.41, 5.74) is 2.29. The zero-order valence-corrected chi connectivity index (χ0v) is 10.3. The number of methoxy groups -OCH3 is 1. The average Bonchev–Trinajstić information content (AvgIpc) is 2.21. The van der Waals surface area contributed by atoms with Crippen LogP contribution < -0.4 is 5.32 Å². The SMILES string of the molecule is CCC(COC)Nc1ccc(Cl)cc1C. The third kappa shape index (κ3) is 3.73. The molecule has 0 aromatic heterocycles. The van der Waals surface area contributed by atoms with Gasteiger partial charge in [-0.1, -0.05) is 18.5 Å². The van der Waals surface area contributed by atoms with Crippen molar-refractivity contribution < 1.29 is 4.74 Å². The van der Waals surface area contributed by atoms with Gasteiger partial charge in [0.2, 0.25) is 0 Å². The molecule has 0 saturated carbocycles. The quantitative estimate of drug-likeness (QED) is 0.832. The summed E-state index contributed by atoms with van der Waals surface area (Å²) in [7, 11) is 1.72. The summed E-state index contributed by atoms with van der Waals surface area (Å²) >= 11 is 5.90. The van der Waals surface area contributed by atoms with Gasteiger partial charge in [-0.2, -0.15) is 0 Å². The molecule has 1 unspecified atom stereocenters. The Morgan fingerprint density at radius 2 is 2.20 bits per heavy atom. The van der Waals surface area contributed by atoms with Crippen molar-refractivity contribution in [2.24, 2.45) is 0 Å². The first kappa shape index (κ1) is 12.3. The smallest absolute Gasteiger partial charge is 0.0663 e. The van der Waals surface area contributed by atoms with Crippen LogP contribution in [0.25, 0.3) is 0 Å². The number of anilines is 1. The van der Waals surface area contributed by atoms with Crippen molar-refractivity contribution >= 4 is 17.3 Å². The van der Waals surface area contributed by atoms with Gasteiger partial charge in [0, 0.05) is 23.9 Å². The highest BCUT2D eigenvalue weighted by atomic mass is 35.5. The molecule has 1 aromatic rings. The topological polar surface area (TPSA) is 21.3 Å². The summed E-state index contributed by atoms with van der Waals surface area (Å²) in [6.07, 6.45) is 1.04. The van der Waals surface area contributed by atoms with Crippen LogP contribution >= 0.6 is 11.6 Å². The van der Waals surface area contributed by atoms with E-state index in [9.17, 15) is 0 Å². The summed E-state index contributed by atoms with van der Waals surface area (Å²) in [5.74, 6) is 0. The normalized spacial score (nSPS) is 12.5. The predicted octanol–water partition coefficient (Wildman–Crippen LogP) is 3.49. The molecule has 2 nitrogen and oxygen atoms in total. The maximum atomic E-state index is 5.90. The molecule has 0 saturated heterocycles. The molecule has 0 aliphatic rings. The van der Waals surface area contributed by atoms with Crippen LogP contribution in [-0.4, -0.2) is 19.8 Å². The van der Waals surface area contributed by atoms with Crippen molar-refractivity contribution in [1.29, 1.82) is 0 Å². The summed E-state index contributed by atoms with van der Waals surface area (Å²) in [6.45, 7) is 4.91. The molecular formula is C12H18ClNO. The monoisotopic (exact) mass is 227 g/mol. The Hall–Kier alpha value is -0.730. The predicted molar refractivity (Wildman–Crippen MR) is 65.8 cm³/mol. The van der Waals surface area contributed by atoms with Crippen LogP contribution in [0.3, 0.4) is 0 Å². The van der Waals surface area contributed by atoms with Crippen molar-refractivity contribution in [2.75, 3.05) is 19.0 Å². The van der Waals surface area contributed by atoms with Gasteiger partial charge < -0.3 is 10.1 Å². The average molecular weight is 228 g/mol. The number of hydrogen-bond acceptors (Lipinski definition) is 2. The molecule has 1 N–H and O–H groups in total. The molecule has 0 radical (unpaired) electrons. The Morgan fingerprint density at radius 1 is 1.47 bits per heavy atom. The number of nitrogens with one attached hydrogen (secondary N) is 1. The minimum atomic E-state index is 0.356. The van der Waals surface area contributed by atoms with Crippen LogP contribution in [0, 0.1) is 6.92 Å². The van der Waals surface area contributed by atoms with Gasteiger partial charge in [-0.3, -0.25) is 0 Å². The zero-order valence-electron chi connectivity index (χ0n) is 9.51. The van der Waals surface area contributed by atoms with Crippen LogP contribution in [-0.2, 0) is 4.74 Å². The first-order chi connectivity index (χ1) is 7.17. The van der Waals surface area contributed by atoms with E-state index in [2.05, 4.69) is 12.2 Å². The number of ether oxygens (including phenoxy) is 1. The molecule has 0 spiro atoms. The molecule has 0 aliphatic carbocycles. The first-order valence-electron chi connectivity index (χ1n) is 5.19. The zero-order chi connectivity index (χ0) is 11.3. The first-order valence-corrected chi connectivity index (χ1v) is 5.56. The van der Waals surface area contributed by atoms with Crippen LogP contribution in [0.2, 0.25) is 5.02 Å². The number of rotatable bonds is 5. The molecule has 0 fully saturated rings. The van der Waals surface area contributed by atoms with Gasteiger partial charge in [0.25, 0.3) is 0 Å². The van der Waals surface area contributed by atoms with Crippen molar-refractivity contribution in [3.05, 3.63) is 28.8 Å². The second kappa shape index (κ2) is 5.99. The molecule has 3 heteroatoms. The van der Waals surface area contributed by atoms with E-state index in [4.69, 9.17) is 16.3 Å². The lowest BCUT2D eigenvalue weighted by atomic mass is 10.1. The van der Waals surface area contributed by atoms with Crippen LogP contribution in [0.4, 0.5) is 5.69 Å². The van der Waals surface area contributed by atoms with E-state index >= 15 is 0 Å². The third-order valence-electron chi connectivity index (χ3n) is 2.41. The highest BCUT2D eigenvalue weighted by Crippen LogP contribution is 2.20. The number of halogens is 1. The van der Waals surface area contributed by atoms with Crippen LogP contribution in [0.5, 0.6) is 0 Å². The number of aryl methyl sites for hydroxylation is 1. The molecule has 0 heterocycles. The molecule has 0 amide bonds. The van der Waals surface area contributed by atoms with Crippen molar-refractivity contribution in [3.8, 4) is 0 Å². The molecule has 1 atom stereocenters. The lowest BCUT2D eigenvalue weighted by molar-refractivity contribution is 0.184. The fraction of sp³-hybridized carbons (Fsp3) is 0.500. The lowest BCUT2D eigenvalue weighted by Gasteiger charge is -2.18. The second-order valence-electron chi connectivity index (χ2n) is 3.66. The van der Waals surface area contributed by atoms with Crippen molar-refractivity contribution in [3.63, 3.8) is 0 Å². The van der Waals surface area contributed by atoms with Gasteiger partial charge in [-0.15, -0.1) is 0 Å². The van der Waals surface area contributed by atoms with E-state index in [1.54, 1.807) is 7.11 Å². The van der Waals surface area contributed by atoms with Crippen LogP contribution in [0.1, 0.15) is 18.9 Å². The number of benzene rings is 1. The van der Waals surface area contributed by atoms with Gasteiger partial charge in [0.1, 0.15) is 0 Å².